The Balaban J connectivity index is 0.905. The molecule has 1 atom stereocenters. The molecular weight excluding hydrogens is 839 g/mol. The van der Waals surface area contributed by atoms with E-state index in [0.717, 1.165) is 92.5 Å². The maximum absolute atomic E-state index is 5.39. The lowest BCUT2D eigenvalue weighted by Crippen LogP contribution is -2.15. The van der Waals surface area contributed by atoms with Crippen LogP contribution in [0, 0.1) is 5.92 Å². The number of hydrogen-bond acceptors (Lipinski definition) is 4. The van der Waals surface area contributed by atoms with Gasteiger partial charge in [0.2, 0.25) is 0 Å². The molecule has 0 amide bonds. The number of benzene rings is 7. The quantitative estimate of drug-likeness (QED) is 0.145. The Labute approximate surface area is 402 Å². The fourth-order valence-corrected chi connectivity index (χ4v) is 9.83. The second-order valence-electron chi connectivity index (χ2n) is 17.7. The van der Waals surface area contributed by atoms with Gasteiger partial charge in [0.1, 0.15) is 5.65 Å². The zero-order valence-electron chi connectivity index (χ0n) is 38.0. The molecule has 3 aromatic heterocycles. The van der Waals surface area contributed by atoms with Gasteiger partial charge in [-0.2, -0.15) is 0 Å². The highest BCUT2D eigenvalue weighted by Crippen LogP contribution is 2.43. The van der Waals surface area contributed by atoms with Crippen LogP contribution in [0.4, 0.5) is 0 Å². The van der Waals surface area contributed by atoms with Gasteiger partial charge in [0.15, 0.2) is 5.82 Å². The van der Waals surface area contributed by atoms with Crippen molar-refractivity contribution in [3.8, 4) is 78.7 Å². The number of aromatic nitrogens is 4. The first-order valence-corrected chi connectivity index (χ1v) is 23.8. The molecule has 7 aromatic carbocycles. The summed E-state index contributed by atoms with van der Waals surface area (Å²) in [5.74, 6) is 1.02. The molecule has 10 aromatic rings. The molecule has 2 bridgehead atoms. The second-order valence-corrected chi connectivity index (χ2v) is 17.7. The lowest BCUT2D eigenvalue weighted by molar-refractivity contribution is 0.636. The van der Waals surface area contributed by atoms with Crippen molar-refractivity contribution in [3.63, 3.8) is 0 Å². The average Bonchev–Trinajstić information content (AvgIpc) is 3.85. The zero-order valence-corrected chi connectivity index (χ0v) is 38.0. The van der Waals surface area contributed by atoms with Crippen LogP contribution in [-0.2, 0) is 0 Å². The van der Waals surface area contributed by atoms with Gasteiger partial charge in [0.05, 0.1) is 28.5 Å². The van der Waals surface area contributed by atoms with Crippen molar-refractivity contribution in [2.75, 3.05) is 0 Å². The standard InChI is InChI=1S/C64H47N5/c1-2-13-23-56-42-55(22-6-1)60(50-33-25-46(26-34-50)44-16-7-3-8-17-44)61(65-56)51-35-29-48(30-36-51)57-43-58(67-64(66-57)54-20-11-5-12-21-54)49-31-37-52(38-32-49)62-63(69-41-15-14-24-59(69)68-62)53-39-27-47(28-40-53)45-18-9-4-10-19-45/h1-5,7-21,23-41,43,55H,6,22,42H2/b2-1-,23-13-. The summed E-state index contributed by atoms with van der Waals surface area (Å²) in [6, 6.07) is 74.9. The maximum atomic E-state index is 5.39. The number of aliphatic imine (C=N–C) groups is 1. The maximum Gasteiger partial charge on any atom is 0.160 e. The average molecular weight is 886 g/mol. The highest BCUT2D eigenvalue weighted by Gasteiger charge is 2.27. The molecule has 1 aliphatic heterocycles. The first-order chi connectivity index (χ1) is 34.2. The molecule has 0 saturated carbocycles. The van der Waals surface area contributed by atoms with Crippen LogP contribution < -0.4 is 0 Å². The molecule has 5 heteroatoms. The van der Waals surface area contributed by atoms with E-state index in [1.807, 2.05) is 24.3 Å². The molecule has 0 saturated heterocycles. The van der Waals surface area contributed by atoms with E-state index < -0.39 is 0 Å². The largest absolute Gasteiger partial charge is 0.299 e. The number of fused-ring (bicyclic) bond motifs is 3. The van der Waals surface area contributed by atoms with Gasteiger partial charge in [-0.3, -0.25) is 9.39 Å². The van der Waals surface area contributed by atoms with Crippen molar-refractivity contribution < 1.29 is 0 Å². The second kappa shape index (κ2) is 18.5. The minimum Gasteiger partial charge on any atom is -0.299 e. The van der Waals surface area contributed by atoms with Crippen LogP contribution in [0.1, 0.15) is 30.4 Å². The molecule has 69 heavy (non-hydrogen) atoms. The van der Waals surface area contributed by atoms with E-state index in [9.17, 15) is 0 Å². The normalized spacial score (nSPS) is 15.5. The van der Waals surface area contributed by atoms with Gasteiger partial charge in [0, 0.05) is 45.3 Å². The number of rotatable bonds is 9. The highest BCUT2D eigenvalue weighted by atomic mass is 15.0. The Morgan fingerprint density at radius 1 is 0.420 bits per heavy atom. The van der Waals surface area contributed by atoms with Gasteiger partial charge in [0.25, 0.3) is 0 Å². The summed E-state index contributed by atoms with van der Waals surface area (Å²) >= 11 is 0. The smallest absolute Gasteiger partial charge is 0.160 e. The molecule has 5 nitrogen and oxygen atoms in total. The molecule has 328 valence electrons. The fraction of sp³-hybridized carbons (Fsp3) is 0.0625. The molecule has 1 unspecified atom stereocenters. The number of pyridine rings is 1. The van der Waals surface area contributed by atoms with Crippen LogP contribution in [0.3, 0.4) is 0 Å². The molecule has 12 rings (SSSR count). The number of nitrogens with zero attached hydrogens (tertiary/aromatic N) is 5. The Morgan fingerprint density at radius 3 is 1.55 bits per heavy atom. The van der Waals surface area contributed by atoms with Gasteiger partial charge in [-0.25, -0.2) is 15.0 Å². The highest BCUT2D eigenvalue weighted by molar-refractivity contribution is 6.07. The molecule has 4 heterocycles. The van der Waals surface area contributed by atoms with Crippen LogP contribution in [0.2, 0.25) is 0 Å². The van der Waals surface area contributed by atoms with Crippen LogP contribution in [-0.4, -0.2) is 25.1 Å². The van der Waals surface area contributed by atoms with Gasteiger partial charge >= 0.3 is 0 Å². The monoisotopic (exact) mass is 885 g/mol. The number of imidazole rings is 1. The zero-order chi connectivity index (χ0) is 45.9. The Morgan fingerprint density at radius 2 is 0.928 bits per heavy atom. The number of allylic oxidation sites excluding steroid dienone is 5. The van der Waals surface area contributed by atoms with E-state index in [1.165, 1.54) is 33.4 Å². The molecule has 2 aliphatic rings. The molecule has 0 spiro atoms. The Hall–Kier alpha value is -8.80. The van der Waals surface area contributed by atoms with Gasteiger partial charge < -0.3 is 0 Å². The van der Waals surface area contributed by atoms with Crippen LogP contribution in [0.15, 0.2) is 248 Å². The first-order valence-electron chi connectivity index (χ1n) is 23.8. The topological polar surface area (TPSA) is 55.4 Å². The first kappa shape index (κ1) is 41.6. The minimum absolute atomic E-state index is 0.345. The summed E-state index contributed by atoms with van der Waals surface area (Å²) in [4.78, 5) is 20.9. The Kier molecular flexibility index (Phi) is 11.1. The third-order valence-corrected chi connectivity index (χ3v) is 13.4. The summed E-state index contributed by atoms with van der Waals surface area (Å²) in [6.45, 7) is 0. The summed E-state index contributed by atoms with van der Waals surface area (Å²) in [5.41, 5.74) is 20.3. The van der Waals surface area contributed by atoms with Crippen LogP contribution in [0.25, 0.3) is 95.6 Å². The van der Waals surface area contributed by atoms with Crippen molar-refractivity contribution in [3.05, 3.63) is 254 Å². The van der Waals surface area contributed by atoms with Crippen molar-refractivity contribution in [1.82, 2.24) is 19.4 Å². The van der Waals surface area contributed by atoms with Gasteiger partial charge in [-0.1, -0.05) is 212 Å². The van der Waals surface area contributed by atoms with E-state index in [1.54, 1.807) is 0 Å². The van der Waals surface area contributed by atoms with E-state index in [2.05, 4.69) is 223 Å². The number of hydrogen-bond donors (Lipinski definition) is 0. The molecule has 1 aliphatic carbocycles. The third kappa shape index (κ3) is 8.47. The molecule has 0 radical (unpaired) electrons. The Bertz CT molecular complexity index is 3570. The van der Waals surface area contributed by atoms with E-state index in [4.69, 9.17) is 19.9 Å². The lowest BCUT2D eigenvalue weighted by atomic mass is 9.80. The van der Waals surface area contributed by atoms with Crippen molar-refractivity contribution >= 4 is 22.6 Å². The summed E-state index contributed by atoms with van der Waals surface area (Å²) in [7, 11) is 0. The fourth-order valence-electron chi connectivity index (χ4n) is 9.83. The van der Waals surface area contributed by atoms with Gasteiger partial charge in [-0.05, 0) is 82.8 Å². The molecule has 0 fully saturated rings. The van der Waals surface area contributed by atoms with Crippen molar-refractivity contribution in [2.24, 2.45) is 10.9 Å². The lowest BCUT2D eigenvalue weighted by Gasteiger charge is -2.27. The summed E-state index contributed by atoms with van der Waals surface area (Å²) in [6.07, 6.45) is 13.8. The predicted octanol–water partition coefficient (Wildman–Crippen LogP) is 16.0. The van der Waals surface area contributed by atoms with Gasteiger partial charge in [-0.15, -0.1) is 0 Å². The van der Waals surface area contributed by atoms with Crippen LogP contribution in [0.5, 0.6) is 0 Å². The minimum atomic E-state index is 0.345. The van der Waals surface area contributed by atoms with E-state index in [-0.39, 0.29) is 0 Å². The molecule has 0 N–H and O–H groups in total. The van der Waals surface area contributed by atoms with Crippen molar-refractivity contribution in [2.45, 2.75) is 19.3 Å². The molecular formula is C64H47N5. The predicted molar refractivity (Wildman–Crippen MR) is 285 cm³/mol. The SMILES string of the molecule is C1=C\CCC2CC(=NC(c3ccc(-c4cc(-c5ccc(-c6nc7ccccn7c6-c6ccc(-c7ccccc7)cc6)cc5)nc(-c5ccccc5)n4)cc3)=C2c2ccc(-c3ccccc3)cc2)\C=C/1. The van der Waals surface area contributed by atoms with Crippen LogP contribution >= 0.6 is 0 Å². The van der Waals surface area contributed by atoms with Crippen molar-refractivity contribution in [1.29, 1.82) is 0 Å². The summed E-state index contributed by atoms with van der Waals surface area (Å²) in [5, 5.41) is 0. The van der Waals surface area contributed by atoms with E-state index >= 15 is 0 Å². The third-order valence-electron chi connectivity index (χ3n) is 13.4. The summed E-state index contributed by atoms with van der Waals surface area (Å²) < 4.78 is 2.18. The van der Waals surface area contributed by atoms with E-state index in [0.29, 0.717) is 11.7 Å².